The minimum absolute atomic E-state index is 0.0323. The number of morpholine rings is 1. The lowest BCUT2D eigenvalue weighted by Gasteiger charge is -2.34. The first-order chi connectivity index (χ1) is 10.6. The maximum Gasteiger partial charge on any atom is 0.228 e. The van der Waals surface area contributed by atoms with E-state index in [1.165, 1.54) is 0 Å². The van der Waals surface area contributed by atoms with Crippen LogP contribution in [0.2, 0.25) is 0 Å². The van der Waals surface area contributed by atoms with Crippen molar-refractivity contribution in [3.8, 4) is 0 Å². The highest BCUT2D eigenvalue weighted by molar-refractivity contribution is 5.89. The van der Waals surface area contributed by atoms with Gasteiger partial charge in [-0.25, -0.2) is 0 Å². The minimum Gasteiger partial charge on any atom is -0.377 e. The summed E-state index contributed by atoms with van der Waals surface area (Å²) in [6.45, 7) is 4.71. The number of aromatic nitrogens is 1. The molecular formula is C16H21N3O3. The number of likely N-dealkylation sites (tertiary alicyclic amines) is 1. The molecule has 0 aromatic carbocycles. The molecule has 0 aliphatic carbocycles. The van der Waals surface area contributed by atoms with Gasteiger partial charge in [-0.3, -0.25) is 14.6 Å². The van der Waals surface area contributed by atoms with Gasteiger partial charge >= 0.3 is 0 Å². The Bertz CT molecular complexity index is 549. The van der Waals surface area contributed by atoms with Gasteiger partial charge in [0.1, 0.15) is 0 Å². The van der Waals surface area contributed by atoms with Gasteiger partial charge in [-0.2, -0.15) is 0 Å². The van der Waals surface area contributed by atoms with E-state index < -0.39 is 0 Å². The van der Waals surface area contributed by atoms with Gasteiger partial charge in [0, 0.05) is 25.7 Å². The van der Waals surface area contributed by atoms with Crippen molar-refractivity contribution >= 4 is 11.8 Å². The Morgan fingerprint density at radius 1 is 1.45 bits per heavy atom. The third kappa shape index (κ3) is 3.11. The van der Waals surface area contributed by atoms with E-state index in [2.05, 4.69) is 4.98 Å². The molecule has 2 aliphatic heterocycles. The molecule has 6 heteroatoms. The number of carbonyl (C=O) groups excluding carboxylic acids is 2. The molecule has 2 saturated heterocycles. The Morgan fingerprint density at radius 3 is 3.05 bits per heavy atom. The number of carbonyl (C=O) groups is 2. The first-order valence-corrected chi connectivity index (χ1v) is 7.71. The van der Waals surface area contributed by atoms with E-state index in [-0.39, 0.29) is 23.8 Å². The molecule has 2 fully saturated rings. The lowest BCUT2D eigenvalue weighted by Crippen LogP contribution is -2.49. The molecule has 0 radical (unpaired) electrons. The normalized spacial score (nSPS) is 25.6. The van der Waals surface area contributed by atoms with E-state index in [1.54, 1.807) is 11.1 Å². The van der Waals surface area contributed by atoms with Crippen LogP contribution in [0.25, 0.3) is 0 Å². The zero-order chi connectivity index (χ0) is 15.5. The molecule has 3 rings (SSSR count). The molecule has 1 aromatic rings. The molecule has 1 aromatic heterocycles. The van der Waals surface area contributed by atoms with Crippen LogP contribution in [-0.2, 0) is 20.9 Å². The van der Waals surface area contributed by atoms with Crippen LogP contribution < -0.4 is 0 Å². The number of hydrogen-bond donors (Lipinski definition) is 0. The largest absolute Gasteiger partial charge is 0.377 e. The summed E-state index contributed by atoms with van der Waals surface area (Å²) >= 11 is 0. The van der Waals surface area contributed by atoms with Crippen molar-refractivity contribution in [1.29, 1.82) is 0 Å². The number of nitrogens with zero attached hydrogens (tertiary/aromatic N) is 3. The molecule has 0 spiro atoms. The predicted octanol–water partition coefficient (Wildman–Crippen LogP) is 0.677. The lowest BCUT2D eigenvalue weighted by molar-refractivity contribution is -0.143. The van der Waals surface area contributed by atoms with Gasteiger partial charge in [-0.1, -0.05) is 6.07 Å². The van der Waals surface area contributed by atoms with Crippen molar-refractivity contribution in [3.63, 3.8) is 0 Å². The molecule has 6 nitrogen and oxygen atoms in total. The molecule has 2 aliphatic rings. The average Bonchev–Trinajstić information content (AvgIpc) is 2.89. The van der Waals surface area contributed by atoms with Crippen molar-refractivity contribution in [2.75, 3.05) is 26.3 Å². The number of rotatable bonds is 3. The summed E-state index contributed by atoms with van der Waals surface area (Å²) in [6, 6.07) is 5.73. The fourth-order valence-corrected chi connectivity index (χ4v) is 3.07. The highest BCUT2D eigenvalue weighted by Crippen LogP contribution is 2.23. The summed E-state index contributed by atoms with van der Waals surface area (Å²) in [5.74, 6) is -0.130. The third-order valence-corrected chi connectivity index (χ3v) is 4.29. The summed E-state index contributed by atoms with van der Waals surface area (Å²) in [7, 11) is 0. The van der Waals surface area contributed by atoms with Crippen LogP contribution >= 0.6 is 0 Å². The topological polar surface area (TPSA) is 62.7 Å². The van der Waals surface area contributed by atoms with Crippen molar-refractivity contribution < 1.29 is 14.3 Å². The van der Waals surface area contributed by atoms with Gasteiger partial charge in [0.05, 0.1) is 37.4 Å². The highest BCUT2D eigenvalue weighted by atomic mass is 16.5. The lowest BCUT2D eigenvalue weighted by atomic mass is 10.1. The van der Waals surface area contributed by atoms with Crippen molar-refractivity contribution in [2.45, 2.75) is 25.9 Å². The summed E-state index contributed by atoms with van der Waals surface area (Å²) in [4.78, 5) is 32.6. The Kier molecular flexibility index (Phi) is 4.38. The summed E-state index contributed by atoms with van der Waals surface area (Å²) in [5, 5.41) is 0. The van der Waals surface area contributed by atoms with Gasteiger partial charge in [0.25, 0.3) is 0 Å². The monoisotopic (exact) mass is 303 g/mol. The van der Waals surface area contributed by atoms with E-state index in [9.17, 15) is 9.59 Å². The molecular weight excluding hydrogens is 282 g/mol. The number of ether oxygens (including phenoxy) is 1. The minimum atomic E-state index is -0.239. The number of amides is 2. The maximum absolute atomic E-state index is 12.6. The van der Waals surface area contributed by atoms with Crippen LogP contribution in [0.3, 0.4) is 0 Å². The van der Waals surface area contributed by atoms with Crippen LogP contribution in [0.1, 0.15) is 19.0 Å². The zero-order valence-electron chi connectivity index (χ0n) is 12.8. The van der Waals surface area contributed by atoms with Gasteiger partial charge in [-0.15, -0.1) is 0 Å². The van der Waals surface area contributed by atoms with Gasteiger partial charge in [-0.05, 0) is 19.1 Å². The van der Waals surface area contributed by atoms with E-state index in [0.717, 1.165) is 5.69 Å². The first-order valence-electron chi connectivity index (χ1n) is 7.71. The molecule has 0 bridgehead atoms. The van der Waals surface area contributed by atoms with Crippen LogP contribution in [0.4, 0.5) is 0 Å². The van der Waals surface area contributed by atoms with Gasteiger partial charge < -0.3 is 14.5 Å². The van der Waals surface area contributed by atoms with Crippen molar-refractivity contribution in [2.24, 2.45) is 5.92 Å². The average molecular weight is 303 g/mol. The molecule has 0 saturated carbocycles. The Morgan fingerprint density at radius 2 is 2.32 bits per heavy atom. The maximum atomic E-state index is 12.6. The molecule has 118 valence electrons. The summed E-state index contributed by atoms with van der Waals surface area (Å²) < 4.78 is 5.37. The molecule has 3 heterocycles. The van der Waals surface area contributed by atoms with Crippen molar-refractivity contribution in [1.82, 2.24) is 14.8 Å². The van der Waals surface area contributed by atoms with E-state index in [4.69, 9.17) is 4.74 Å². The summed E-state index contributed by atoms with van der Waals surface area (Å²) in [5.41, 5.74) is 0.851. The third-order valence-electron chi connectivity index (χ3n) is 4.29. The van der Waals surface area contributed by atoms with Crippen LogP contribution in [0, 0.1) is 5.92 Å². The molecule has 2 amide bonds. The fourth-order valence-electron chi connectivity index (χ4n) is 3.07. The molecule has 22 heavy (non-hydrogen) atoms. The van der Waals surface area contributed by atoms with Gasteiger partial charge in [0.15, 0.2) is 0 Å². The van der Waals surface area contributed by atoms with Crippen LogP contribution in [0.15, 0.2) is 24.4 Å². The molecule has 2 atom stereocenters. The van der Waals surface area contributed by atoms with E-state index in [0.29, 0.717) is 39.3 Å². The smallest absolute Gasteiger partial charge is 0.228 e. The number of hydrogen-bond acceptors (Lipinski definition) is 4. The van der Waals surface area contributed by atoms with Crippen molar-refractivity contribution in [3.05, 3.63) is 30.1 Å². The Hall–Kier alpha value is -1.95. The van der Waals surface area contributed by atoms with Crippen LogP contribution in [0.5, 0.6) is 0 Å². The second-order valence-corrected chi connectivity index (χ2v) is 5.95. The second-order valence-electron chi connectivity index (χ2n) is 5.95. The quantitative estimate of drug-likeness (QED) is 0.824. The molecule has 2 unspecified atom stereocenters. The predicted molar refractivity (Wildman–Crippen MR) is 79.8 cm³/mol. The summed E-state index contributed by atoms with van der Waals surface area (Å²) in [6.07, 6.45) is 2.02. The second kappa shape index (κ2) is 6.44. The standard InChI is InChI=1S/C16H21N3O3/c1-12-11-22-7-6-19(12)16(21)13-8-15(20)18(9-13)10-14-4-2-3-5-17-14/h2-5,12-13H,6-11H2,1H3. The molecule has 0 N–H and O–H groups in total. The van der Waals surface area contributed by atoms with E-state index >= 15 is 0 Å². The Labute approximate surface area is 130 Å². The Balaban J connectivity index is 1.62. The first kappa shape index (κ1) is 15.0. The van der Waals surface area contributed by atoms with Crippen LogP contribution in [-0.4, -0.2) is 58.9 Å². The highest BCUT2D eigenvalue weighted by Gasteiger charge is 2.38. The SMILES string of the molecule is CC1COCCN1C(=O)C1CC(=O)N(Cc2ccccn2)C1. The fraction of sp³-hybridized carbons (Fsp3) is 0.562. The van der Waals surface area contributed by atoms with Gasteiger partial charge in [0.2, 0.25) is 11.8 Å². The number of pyridine rings is 1. The zero-order valence-corrected chi connectivity index (χ0v) is 12.8. The van der Waals surface area contributed by atoms with E-state index in [1.807, 2.05) is 30.0 Å².